The van der Waals surface area contributed by atoms with Crippen LogP contribution in [-0.2, 0) is 11.3 Å². The molecule has 0 unspecified atom stereocenters. The highest BCUT2D eigenvalue weighted by Crippen LogP contribution is 2.30. The van der Waals surface area contributed by atoms with Crippen LogP contribution in [0.2, 0.25) is 0 Å². The van der Waals surface area contributed by atoms with Gasteiger partial charge in [-0.2, -0.15) is 0 Å². The number of benzene rings is 2. The molecule has 0 spiro atoms. The Balaban J connectivity index is 1.70. The lowest BCUT2D eigenvalue weighted by atomic mass is 10.1. The predicted molar refractivity (Wildman–Crippen MR) is 119 cm³/mol. The average molecular weight is 400 g/mol. The predicted octanol–water partition coefficient (Wildman–Crippen LogP) is 3.71. The van der Waals surface area contributed by atoms with E-state index in [9.17, 15) is 4.79 Å². The van der Waals surface area contributed by atoms with Crippen molar-refractivity contribution in [3.8, 4) is 17.1 Å². The van der Waals surface area contributed by atoms with Crippen molar-refractivity contribution < 1.29 is 4.74 Å². The molecule has 1 saturated heterocycles. The second-order valence-corrected chi connectivity index (χ2v) is 7.40. The molecule has 30 heavy (non-hydrogen) atoms. The van der Waals surface area contributed by atoms with Crippen molar-refractivity contribution in [3.05, 3.63) is 77.3 Å². The number of anilines is 1. The van der Waals surface area contributed by atoms with Crippen LogP contribution in [0.1, 0.15) is 6.92 Å². The Hall–Kier alpha value is -3.38. The highest BCUT2D eigenvalue weighted by molar-refractivity contribution is 5.93. The Labute approximate surface area is 175 Å². The Bertz CT molecular complexity index is 1240. The van der Waals surface area contributed by atoms with Crippen LogP contribution in [-0.4, -0.2) is 40.4 Å². The topological polar surface area (TPSA) is 52.3 Å². The molecule has 4 aromatic rings. The summed E-state index contributed by atoms with van der Waals surface area (Å²) in [5.74, 6) is 0.895. The van der Waals surface area contributed by atoms with Gasteiger partial charge in [0.25, 0.3) is 5.56 Å². The minimum absolute atomic E-state index is 0.0341. The average Bonchev–Trinajstić information content (AvgIpc) is 3.29. The Morgan fingerprint density at radius 1 is 1.03 bits per heavy atom. The summed E-state index contributed by atoms with van der Waals surface area (Å²) in [5.41, 5.74) is 4.05. The standard InChI is InChI=1S/C24H24N4O2/c1-2-27-21-9-8-19(28-11-10-25-24(28)18-6-4-3-5-7-18)16-20(21)22(17-23(27)29)26-12-14-30-15-13-26/h3-11,16-17H,2,12-15H2,1H3. The maximum Gasteiger partial charge on any atom is 0.253 e. The molecule has 0 aliphatic carbocycles. The molecule has 152 valence electrons. The summed E-state index contributed by atoms with van der Waals surface area (Å²) in [6.45, 7) is 5.57. The van der Waals surface area contributed by atoms with Crippen LogP contribution >= 0.6 is 0 Å². The quantitative estimate of drug-likeness (QED) is 0.524. The zero-order valence-electron chi connectivity index (χ0n) is 17.0. The molecular formula is C24H24N4O2. The number of rotatable bonds is 4. The highest BCUT2D eigenvalue weighted by Gasteiger charge is 2.18. The largest absolute Gasteiger partial charge is 0.378 e. The second-order valence-electron chi connectivity index (χ2n) is 7.40. The number of morpholine rings is 1. The van der Waals surface area contributed by atoms with E-state index in [1.165, 1.54) is 0 Å². The highest BCUT2D eigenvalue weighted by atomic mass is 16.5. The molecule has 0 bridgehead atoms. The molecule has 0 saturated carbocycles. The molecule has 5 rings (SSSR count). The molecule has 1 aliphatic rings. The summed E-state index contributed by atoms with van der Waals surface area (Å²) >= 11 is 0. The SMILES string of the molecule is CCn1c(=O)cc(N2CCOCC2)c2cc(-n3ccnc3-c3ccccc3)ccc21. The van der Waals surface area contributed by atoms with Gasteiger partial charge in [0.2, 0.25) is 0 Å². The first-order chi connectivity index (χ1) is 14.8. The molecule has 3 heterocycles. The van der Waals surface area contributed by atoms with E-state index in [1.54, 1.807) is 6.07 Å². The summed E-state index contributed by atoms with van der Waals surface area (Å²) < 4.78 is 9.44. The van der Waals surface area contributed by atoms with E-state index in [4.69, 9.17) is 4.74 Å². The fourth-order valence-corrected chi connectivity index (χ4v) is 4.21. The zero-order chi connectivity index (χ0) is 20.5. The monoisotopic (exact) mass is 400 g/mol. The number of hydrogen-bond acceptors (Lipinski definition) is 4. The maximum absolute atomic E-state index is 12.8. The molecule has 0 N–H and O–H groups in total. The van der Waals surface area contributed by atoms with Crippen LogP contribution in [0.4, 0.5) is 5.69 Å². The molecule has 0 radical (unpaired) electrons. The van der Waals surface area contributed by atoms with Gasteiger partial charge in [-0.05, 0) is 25.1 Å². The smallest absolute Gasteiger partial charge is 0.253 e. The van der Waals surface area contributed by atoms with Gasteiger partial charge in [0, 0.05) is 54.7 Å². The summed E-state index contributed by atoms with van der Waals surface area (Å²) in [6, 6.07) is 18.2. The third-order valence-corrected chi connectivity index (χ3v) is 5.69. The minimum atomic E-state index is 0.0341. The number of hydrogen-bond donors (Lipinski definition) is 0. The van der Waals surface area contributed by atoms with Gasteiger partial charge in [-0.25, -0.2) is 4.98 Å². The van der Waals surface area contributed by atoms with Crippen molar-refractivity contribution in [2.75, 3.05) is 31.2 Å². The van der Waals surface area contributed by atoms with E-state index in [-0.39, 0.29) is 5.56 Å². The van der Waals surface area contributed by atoms with Gasteiger partial charge in [0.05, 0.1) is 24.4 Å². The first-order valence-corrected chi connectivity index (χ1v) is 10.4. The van der Waals surface area contributed by atoms with Gasteiger partial charge in [-0.3, -0.25) is 9.36 Å². The van der Waals surface area contributed by atoms with Crippen LogP contribution in [0.25, 0.3) is 28.0 Å². The molecule has 6 heteroatoms. The number of aryl methyl sites for hydroxylation is 1. The number of fused-ring (bicyclic) bond motifs is 1. The molecule has 0 amide bonds. The van der Waals surface area contributed by atoms with Gasteiger partial charge < -0.3 is 14.2 Å². The second kappa shape index (κ2) is 7.80. The summed E-state index contributed by atoms with van der Waals surface area (Å²) in [6.07, 6.45) is 3.80. The van der Waals surface area contributed by atoms with Gasteiger partial charge in [-0.15, -0.1) is 0 Å². The third-order valence-electron chi connectivity index (χ3n) is 5.69. The normalized spacial score (nSPS) is 14.4. The van der Waals surface area contributed by atoms with Crippen LogP contribution in [0.3, 0.4) is 0 Å². The van der Waals surface area contributed by atoms with E-state index in [0.717, 1.165) is 46.8 Å². The van der Waals surface area contributed by atoms with Crippen molar-refractivity contribution in [1.82, 2.24) is 14.1 Å². The van der Waals surface area contributed by atoms with Crippen molar-refractivity contribution in [2.24, 2.45) is 0 Å². The molecule has 6 nitrogen and oxygen atoms in total. The summed E-state index contributed by atoms with van der Waals surface area (Å²) in [5, 5.41) is 1.07. The number of aromatic nitrogens is 3. The lowest BCUT2D eigenvalue weighted by Crippen LogP contribution is -2.37. The number of pyridine rings is 1. The number of ether oxygens (including phenoxy) is 1. The Morgan fingerprint density at radius 3 is 2.60 bits per heavy atom. The number of nitrogens with zero attached hydrogens (tertiary/aromatic N) is 4. The Kier molecular flexibility index (Phi) is 4.85. The fourth-order valence-electron chi connectivity index (χ4n) is 4.21. The first-order valence-electron chi connectivity index (χ1n) is 10.4. The van der Waals surface area contributed by atoms with Crippen LogP contribution < -0.4 is 10.5 Å². The maximum atomic E-state index is 12.8. The van der Waals surface area contributed by atoms with E-state index < -0.39 is 0 Å². The van der Waals surface area contributed by atoms with Gasteiger partial charge >= 0.3 is 0 Å². The fraction of sp³-hybridized carbons (Fsp3) is 0.250. The molecule has 2 aromatic carbocycles. The van der Waals surface area contributed by atoms with Crippen molar-refractivity contribution >= 4 is 16.6 Å². The van der Waals surface area contributed by atoms with Crippen molar-refractivity contribution in [1.29, 1.82) is 0 Å². The zero-order valence-corrected chi connectivity index (χ0v) is 17.0. The molecule has 1 aliphatic heterocycles. The third kappa shape index (κ3) is 3.19. The lowest BCUT2D eigenvalue weighted by Gasteiger charge is -2.30. The molecule has 2 aromatic heterocycles. The lowest BCUT2D eigenvalue weighted by molar-refractivity contribution is 0.123. The van der Waals surface area contributed by atoms with Crippen molar-refractivity contribution in [2.45, 2.75) is 13.5 Å². The van der Waals surface area contributed by atoms with E-state index in [0.29, 0.717) is 19.8 Å². The van der Waals surface area contributed by atoms with Gasteiger partial charge in [0.15, 0.2) is 0 Å². The summed E-state index contributed by atoms with van der Waals surface area (Å²) in [7, 11) is 0. The van der Waals surface area contributed by atoms with Crippen molar-refractivity contribution in [3.63, 3.8) is 0 Å². The van der Waals surface area contributed by atoms with E-state index >= 15 is 0 Å². The van der Waals surface area contributed by atoms with E-state index in [2.05, 4.69) is 38.7 Å². The first kappa shape index (κ1) is 18.6. The minimum Gasteiger partial charge on any atom is -0.378 e. The molecular weight excluding hydrogens is 376 g/mol. The van der Waals surface area contributed by atoms with Crippen LogP contribution in [0.5, 0.6) is 0 Å². The van der Waals surface area contributed by atoms with Crippen LogP contribution in [0, 0.1) is 0 Å². The Morgan fingerprint density at radius 2 is 1.83 bits per heavy atom. The van der Waals surface area contributed by atoms with Crippen LogP contribution in [0.15, 0.2) is 71.8 Å². The molecule has 1 fully saturated rings. The van der Waals surface area contributed by atoms with E-state index in [1.807, 2.05) is 48.1 Å². The summed E-state index contributed by atoms with van der Waals surface area (Å²) in [4.78, 5) is 19.6. The number of imidazole rings is 1. The van der Waals surface area contributed by atoms with Gasteiger partial charge in [0.1, 0.15) is 5.82 Å². The van der Waals surface area contributed by atoms with Gasteiger partial charge in [-0.1, -0.05) is 30.3 Å². The molecule has 0 atom stereocenters.